The van der Waals surface area contributed by atoms with E-state index >= 15 is 0 Å². The van der Waals surface area contributed by atoms with Crippen LogP contribution in [0.15, 0.2) is 121 Å². The zero-order valence-electron chi connectivity index (χ0n) is 39.7. The fourth-order valence-electron chi connectivity index (χ4n) is 6.96. The predicted molar refractivity (Wildman–Crippen MR) is 258 cm³/mol. The van der Waals surface area contributed by atoms with Crippen LogP contribution in [0.2, 0.25) is 0 Å². The van der Waals surface area contributed by atoms with Crippen molar-refractivity contribution < 1.29 is 84.2 Å². The summed E-state index contributed by atoms with van der Waals surface area (Å²) in [6.07, 6.45) is -5.87. The van der Waals surface area contributed by atoms with Crippen LogP contribution in [0.4, 0.5) is 32.0 Å². The van der Waals surface area contributed by atoms with E-state index in [1.165, 1.54) is 105 Å². The highest BCUT2D eigenvalue weighted by molar-refractivity contribution is 6.00. The molecule has 13 nitrogen and oxygen atoms in total. The number of esters is 2. The average Bonchev–Trinajstić information content (AvgIpc) is 3.35. The van der Waals surface area contributed by atoms with Crippen LogP contribution in [0.25, 0.3) is 12.2 Å². The maximum absolute atomic E-state index is 13.4. The number of allylic oxidation sites excluding steroid dienone is 1. The predicted octanol–water partition coefficient (Wildman–Crippen LogP) is 10.7. The second-order valence-electron chi connectivity index (χ2n) is 16.6. The number of hydrogen-bond donors (Lipinski definition) is 3. The van der Waals surface area contributed by atoms with E-state index in [0.29, 0.717) is 22.4 Å². The second kappa shape index (κ2) is 26.2. The molecular formula is C54H53F6NO12. The molecule has 0 saturated carbocycles. The van der Waals surface area contributed by atoms with Crippen molar-refractivity contribution in [1.82, 2.24) is 0 Å². The summed E-state index contributed by atoms with van der Waals surface area (Å²) in [5.74, 6) is -6.40. The molecule has 0 aromatic heterocycles. The lowest BCUT2D eigenvalue weighted by molar-refractivity contribution is -0.199. The molecule has 0 bridgehead atoms. The first-order valence-electron chi connectivity index (χ1n) is 22.7. The van der Waals surface area contributed by atoms with Gasteiger partial charge in [-0.05, 0) is 134 Å². The molecule has 5 rings (SSSR count). The monoisotopic (exact) mass is 1020 g/mol. The van der Waals surface area contributed by atoms with Crippen LogP contribution < -0.4 is 34.2 Å². The van der Waals surface area contributed by atoms with Gasteiger partial charge in [0.2, 0.25) is 11.6 Å². The van der Waals surface area contributed by atoms with E-state index in [1.807, 2.05) is 0 Å². The van der Waals surface area contributed by atoms with Gasteiger partial charge in [-0.25, -0.2) is 9.59 Å². The molecule has 0 fully saturated rings. The molecule has 19 heteroatoms. The number of hydrogen-bond acceptors (Lipinski definition) is 13. The summed E-state index contributed by atoms with van der Waals surface area (Å²) < 4.78 is 107. The number of unbranched alkanes of at least 4 members (excludes halogenated alkanes) is 2. The molecule has 5 aromatic carbocycles. The quantitative estimate of drug-likeness (QED) is 0.00903. The van der Waals surface area contributed by atoms with Crippen LogP contribution in [0, 0.1) is 5.92 Å². The van der Waals surface area contributed by atoms with Crippen molar-refractivity contribution in [1.29, 1.82) is 0 Å². The third kappa shape index (κ3) is 18.5. The largest absolute Gasteiger partial charge is 0.493 e. The smallest absolute Gasteiger partial charge is 0.389 e. The molecule has 0 aliphatic carbocycles. The van der Waals surface area contributed by atoms with E-state index in [2.05, 4.69) is 0 Å². The third-order valence-corrected chi connectivity index (χ3v) is 10.9. The lowest BCUT2D eigenvalue weighted by Crippen LogP contribution is -2.46. The molecule has 0 amide bonds. The Kier molecular flexibility index (Phi) is 20.2. The van der Waals surface area contributed by atoms with E-state index in [4.69, 9.17) is 34.2 Å². The van der Waals surface area contributed by atoms with Gasteiger partial charge < -0.3 is 44.4 Å². The number of methoxy groups -OCH3 is 2. The molecule has 0 radical (unpaired) electrons. The molecular weight excluding hydrogens is 969 g/mol. The molecule has 0 aliphatic heterocycles. The van der Waals surface area contributed by atoms with Gasteiger partial charge in [0.1, 0.15) is 11.5 Å². The van der Waals surface area contributed by atoms with Crippen molar-refractivity contribution >= 4 is 41.3 Å². The summed E-state index contributed by atoms with van der Waals surface area (Å²) >= 11 is 0. The number of nitrogens with two attached hydrogens (primary N) is 1. The Labute approximate surface area is 416 Å². The Hall–Kier alpha value is -7.64. The Bertz CT molecular complexity index is 2700. The first kappa shape index (κ1) is 56.3. The summed E-state index contributed by atoms with van der Waals surface area (Å²) in [6, 6.07) is 26.9. The van der Waals surface area contributed by atoms with Crippen molar-refractivity contribution in [2.45, 2.75) is 69.5 Å². The number of carbonyl (C=O) groups excluding carboxylic acids is 4. The molecule has 0 heterocycles. The third-order valence-electron chi connectivity index (χ3n) is 10.9. The Morgan fingerprint density at radius 1 is 0.575 bits per heavy atom. The van der Waals surface area contributed by atoms with Crippen LogP contribution in [0.1, 0.15) is 82.4 Å². The second-order valence-corrected chi connectivity index (χ2v) is 16.6. The maximum atomic E-state index is 13.4. The van der Waals surface area contributed by atoms with Crippen molar-refractivity contribution in [2.24, 2.45) is 5.92 Å². The SMILES string of the molecule is COc1cc(C(=O)Oc2ccc(/C=C/C(=O)CC(Cc3ccc(N)cc3)C(O)(O)C(=O)/C=C/c3ccc(OC(=O)c4ccc(OCCCCC(F)(F)F)c(OC)c4)cc3)cc2)ccc1OCCCCC(F)(F)F. The number of rotatable bonds is 26. The number of carbonyl (C=O) groups is 4. The van der Waals surface area contributed by atoms with Gasteiger partial charge in [0.15, 0.2) is 28.8 Å². The van der Waals surface area contributed by atoms with E-state index in [1.54, 1.807) is 36.4 Å². The lowest BCUT2D eigenvalue weighted by Gasteiger charge is -2.28. The minimum atomic E-state index is -4.25. The summed E-state index contributed by atoms with van der Waals surface area (Å²) in [5.41, 5.74) is 7.98. The van der Waals surface area contributed by atoms with Crippen LogP contribution in [0.3, 0.4) is 0 Å². The van der Waals surface area contributed by atoms with Crippen LogP contribution in [0.5, 0.6) is 34.5 Å². The number of nitrogen functional groups attached to an aromatic ring is 1. The number of anilines is 1. The Morgan fingerprint density at radius 3 is 1.44 bits per heavy atom. The summed E-state index contributed by atoms with van der Waals surface area (Å²) in [4.78, 5) is 52.7. The van der Waals surface area contributed by atoms with Gasteiger partial charge >= 0.3 is 24.3 Å². The van der Waals surface area contributed by atoms with Gasteiger partial charge in [-0.2, -0.15) is 26.3 Å². The summed E-state index contributed by atoms with van der Waals surface area (Å²) in [5, 5.41) is 22.7. The number of ketones is 2. The summed E-state index contributed by atoms with van der Waals surface area (Å²) in [6.45, 7) is 0.0235. The Morgan fingerprint density at radius 2 is 1.01 bits per heavy atom. The zero-order valence-corrected chi connectivity index (χ0v) is 39.7. The molecule has 0 spiro atoms. The van der Waals surface area contributed by atoms with Crippen molar-refractivity contribution in [3.63, 3.8) is 0 Å². The molecule has 388 valence electrons. The first-order valence-corrected chi connectivity index (χ1v) is 22.7. The molecule has 4 N–H and O–H groups in total. The van der Waals surface area contributed by atoms with Gasteiger partial charge in [-0.15, -0.1) is 0 Å². The van der Waals surface area contributed by atoms with Gasteiger partial charge in [0.05, 0.1) is 38.6 Å². The number of halogens is 6. The van der Waals surface area contributed by atoms with Crippen molar-refractivity contribution in [3.05, 3.63) is 149 Å². The Balaban J connectivity index is 1.17. The van der Waals surface area contributed by atoms with Crippen LogP contribution in [-0.2, 0) is 16.0 Å². The van der Waals surface area contributed by atoms with Gasteiger partial charge in [0.25, 0.3) is 0 Å². The van der Waals surface area contributed by atoms with E-state index in [-0.39, 0.29) is 90.9 Å². The summed E-state index contributed by atoms with van der Waals surface area (Å²) in [7, 11) is 2.69. The highest BCUT2D eigenvalue weighted by atomic mass is 19.4. The molecule has 5 aromatic rings. The molecule has 1 unspecified atom stereocenters. The van der Waals surface area contributed by atoms with E-state index in [0.717, 1.165) is 6.08 Å². The normalized spacial score (nSPS) is 12.4. The topological polar surface area (TPSA) is 190 Å². The lowest BCUT2D eigenvalue weighted by atomic mass is 9.84. The van der Waals surface area contributed by atoms with Crippen molar-refractivity contribution in [3.8, 4) is 34.5 Å². The number of ether oxygens (including phenoxy) is 6. The first-order chi connectivity index (χ1) is 34.6. The zero-order chi connectivity index (χ0) is 53.2. The number of benzene rings is 5. The highest BCUT2D eigenvalue weighted by Gasteiger charge is 2.41. The molecule has 0 saturated heterocycles. The fourth-order valence-corrected chi connectivity index (χ4v) is 6.96. The van der Waals surface area contributed by atoms with Gasteiger partial charge in [-0.1, -0.05) is 48.6 Å². The van der Waals surface area contributed by atoms with Crippen molar-refractivity contribution in [2.75, 3.05) is 33.2 Å². The van der Waals surface area contributed by atoms with E-state index in [9.17, 15) is 55.7 Å². The van der Waals surface area contributed by atoms with E-state index < -0.39 is 66.8 Å². The fraction of sp³-hybridized carbons (Fsp3) is 0.296. The van der Waals surface area contributed by atoms with Crippen LogP contribution in [-0.4, -0.2) is 79.3 Å². The highest BCUT2D eigenvalue weighted by Crippen LogP contribution is 2.32. The average molecular weight is 1020 g/mol. The minimum absolute atomic E-state index is 0.00874. The van der Waals surface area contributed by atoms with Crippen LogP contribution >= 0.6 is 0 Å². The number of alkyl halides is 6. The standard InChI is InChI=1S/C54H53F6NO12/c1-68-47-32-38(15-24-45(47)70-29-5-3-27-52(55,56)57)50(64)72-43-20-10-35(11-21-43)9-19-42(62)34-40(31-37-7-17-41(61)18-8-37)54(66,67)49(63)26-14-36-12-22-44(23-13-36)73-51(65)39-16-25-46(48(33-39)69-2)71-30-6-4-28-53(58,59)60/h7-26,32-33,40,66-67H,3-6,27-31,34,61H2,1-2H3/b19-9+,26-14+. The number of aliphatic hydroxyl groups is 2. The molecule has 0 aliphatic rings. The molecule has 73 heavy (non-hydrogen) atoms. The maximum Gasteiger partial charge on any atom is 0.389 e. The van der Waals surface area contributed by atoms with Gasteiger partial charge in [0, 0.05) is 30.9 Å². The molecule has 1 atom stereocenters. The van der Waals surface area contributed by atoms with Gasteiger partial charge in [-0.3, -0.25) is 9.59 Å². The minimum Gasteiger partial charge on any atom is -0.493 e.